The van der Waals surface area contributed by atoms with Crippen LogP contribution in [0.2, 0.25) is 0 Å². The van der Waals surface area contributed by atoms with Gasteiger partial charge < -0.3 is 29.7 Å². The maximum Gasteiger partial charge on any atom is 0.328 e. The summed E-state index contributed by atoms with van der Waals surface area (Å²) in [5.74, 6) is -1.00. The molecule has 0 amide bonds. The summed E-state index contributed by atoms with van der Waals surface area (Å²) in [5.41, 5.74) is 1.10. The van der Waals surface area contributed by atoms with Gasteiger partial charge in [-0.05, 0) is 24.6 Å². The van der Waals surface area contributed by atoms with Gasteiger partial charge in [-0.25, -0.2) is 9.59 Å². The second kappa shape index (κ2) is 13.0. The van der Waals surface area contributed by atoms with Crippen molar-refractivity contribution in [3.63, 3.8) is 0 Å². The van der Waals surface area contributed by atoms with E-state index in [1.807, 2.05) is 49.4 Å². The lowest BCUT2D eigenvalue weighted by molar-refractivity contribution is -0.134. The van der Waals surface area contributed by atoms with E-state index in [-0.39, 0.29) is 12.2 Å². The van der Waals surface area contributed by atoms with E-state index in [0.717, 1.165) is 30.2 Å². The molecule has 2 aromatic rings. The van der Waals surface area contributed by atoms with E-state index in [0.29, 0.717) is 25.4 Å². The van der Waals surface area contributed by atoms with E-state index in [4.69, 9.17) is 24.4 Å². The van der Waals surface area contributed by atoms with Crippen molar-refractivity contribution in [1.82, 2.24) is 5.32 Å². The molecule has 0 saturated carbocycles. The first-order chi connectivity index (χ1) is 15.0. The fourth-order valence-electron chi connectivity index (χ4n) is 2.88. The third-order valence-corrected chi connectivity index (χ3v) is 4.19. The Morgan fingerprint density at radius 3 is 2.23 bits per heavy atom. The lowest BCUT2D eigenvalue weighted by Gasteiger charge is -2.32. The van der Waals surface area contributed by atoms with E-state index in [2.05, 4.69) is 17.4 Å². The third-order valence-electron chi connectivity index (χ3n) is 4.19. The van der Waals surface area contributed by atoms with Crippen molar-refractivity contribution in [3.05, 3.63) is 72.3 Å². The first-order valence-corrected chi connectivity index (χ1v) is 9.91. The molecular formula is C23H27NO7. The van der Waals surface area contributed by atoms with Gasteiger partial charge in [0.15, 0.2) is 17.6 Å². The summed E-state index contributed by atoms with van der Waals surface area (Å²) in [7, 11) is 0. The van der Waals surface area contributed by atoms with Crippen LogP contribution in [0.5, 0.6) is 11.5 Å². The van der Waals surface area contributed by atoms with Crippen LogP contribution in [0, 0.1) is 0 Å². The largest absolute Gasteiger partial charge is 0.490 e. The summed E-state index contributed by atoms with van der Waals surface area (Å²) in [6, 6.07) is 18.0. The van der Waals surface area contributed by atoms with Gasteiger partial charge in [-0.1, -0.05) is 42.5 Å². The SMILES string of the molecule is CCOc1ccccc1O[C@H](c1ccccc1)[C@@H]1CNCCO1.O=C(O)/C=C/C(=O)O. The number of para-hydroxylation sites is 2. The van der Waals surface area contributed by atoms with Gasteiger partial charge in [-0.2, -0.15) is 0 Å². The van der Waals surface area contributed by atoms with Gasteiger partial charge in [-0.15, -0.1) is 0 Å². The molecule has 0 aromatic heterocycles. The Morgan fingerprint density at radius 1 is 1.06 bits per heavy atom. The number of hydrogen-bond acceptors (Lipinski definition) is 6. The molecule has 2 atom stereocenters. The highest BCUT2D eigenvalue weighted by atomic mass is 16.6. The molecule has 0 spiro atoms. The Balaban J connectivity index is 0.000000366. The monoisotopic (exact) mass is 429 g/mol. The molecule has 0 bridgehead atoms. The number of carbonyl (C=O) groups is 2. The van der Waals surface area contributed by atoms with Gasteiger partial charge in [0, 0.05) is 25.2 Å². The van der Waals surface area contributed by atoms with Crippen LogP contribution in [-0.2, 0) is 14.3 Å². The number of hydrogen-bond donors (Lipinski definition) is 3. The number of morpholine rings is 1. The first kappa shape index (κ1) is 23.9. The van der Waals surface area contributed by atoms with Crippen LogP contribution >= 0.6 is 0 Å². The molecule has 166 valence electrons. The lowest BCUT2D eigenvalue weighted by atomic mass is 10.0. The normalized spacial score (nSPS) is 16.6. The highest BCUT2D eigenvalue weighted by Crippen LogP contribution is 2.33. The Kier molecular flexibility index (Phi) is 10.1. The Morgan fingerprint density at radius 2 is 1.68 bits per heavy atom. The quantitative estimate of drug-likeness (QED) is 0.549. The molecular weight excluding hydrogens is 402 g/mol. The van der Waals surface area contributed by atoms with Crippen molar-refractivity contribution >= 4 is 11.9 Å². The van der Waals surface area contributed by atoms with Gasteiger partial charge >= 0.3 is 11.9 Å². The zero-order chi connectivity index (χ0) is 22.5. The van der Waals surface area contributed by atoms with E-state index in [1.54, 1.807) is 0 Å². The maximum absolute atomic E-state index is 9.55. The minimum Gasteiger partial charge on any atom is -0.490 e. The van der Waals surface area contributed by atoms with E-state index >= 15 is 0 Å². The van der Waals surface area contributed by atoms with Gasteiger partial charge in [0.2, 0.25) is 0 Å². The Labute approximate surface area is 181 Å². The highest BCUT2D eigenvalue weighted by molar-refractivity contribution is 5.89. The average Bonchev–Trinajstić information content (AvgIpc) is 2.79. The molecule has 0 aliphatic carbocycles. The molecule has 8 heteroatoms. The fraction of sp³-hybridized carbons (Fsp3) is 0.304. The Hall–Kier alpha value is -3.36. The molecule has 2 aromatic carbocycles. The number of carboxylic acids is 2. The summed E-state index contributed by atoms with van der Waals surface area (Å²) in [5, 5.41) is 19.0. The van der Waals surface area contributed by atoms with Gasteiger partial charge in [0.1, 0.15) is 6.10 Å². The van der Waals surface area contributed by atoms with Crippen molar-refractivity contribution in [2.45, 2.75) is 19.1 Å². The summed E-state index contributed by atoms with van der Waals surface area (Å²) in [6.45, 7) is 4.94. The first-order valence-electron chi connectivity index (χ1n) is 9.91. The predicted octanol–water partition coefficient (Wildman–Crippen LogP) is 2.91. The van der Waals surface area contributed by atoms with Crippen LogP contribution in [0.15, 0.2) is 66.7 Å². The zero-order valence-electron chi connectivity index (χ0n) is 17.3. The topological polar surface area (TPSA) is 114 Å². The van der Waals surface area contributed by atoms with Crippen LogP contribution in [0.3, 0.4) is 0 Å². The second-order valence-electron chi connectivity index (χ2n) is 6.45. The van der Waals surface area contributed by atoms with Gasteiger partial charge in [-0.3, -0.25) is 0 Å². The minimum atomic E-state index is -1.26. The van der Waals surface area contributed by atoms with Crippen molar-refractivity contribution in [1.29, 1.82) is 0 Å². The summed E-state index contributed by atoms with van der Waals surface area (Å²) in [4.78, 5) is 19.1. The molecule has 1 aliphatic rings. The van der Waals surface area contributed by atoms with Crippen molar-refractivity contribution in [2.75, 3.05) is 26.3 Å². The number of carboxylic acid groups (broad SMARTS) is 2. The van der Waals surface area contributed by atoms with Crippen molar-refractivity contribution in [3.8, 4) is 11.5 Å². The summed E-state index contributed by atoms with van der Waals surface area (Å²) in [6.07, 6.45) is 0.913. The highest BCUT2D eigenvalue weighted by Gasteiger charge is 2.28. The lowest BCUT2D eigenvalue weighted by Crippen LogP contribution is -2.43. The minimum absolute atomic E-state index is 0.0270. The molecule has 8 nitrogen and oxygen atoms in total. The molecule has 31 heavy (non-hydrogen) atoms. The molecule has 1 heterocycles. The number of ether oxygens (including phenoxy) is 3. The second-order valence-corrected chi connectivity index (χ2v) is 6.45. The van der Waals surface area contributed by atoms with Crippen molar-refractivity contribution < 1.29 is 34.0 Å². The average molecular weight is 429 g/mol. The molecule has 0 radical (unpaired) electrons. The zero-order valence-corrected chi connectivity index (χ0v) is 17.3. The van der Waals surface area contributed by atoms with E-state index in [9.17, 15) is 9.59 Å². The van der Waals surface area contributed by atoms with Gasteiger partial charge in [0.25, 0.3) is 0 Å². The van der Waals surface area contributed by atoms with Crippen molar-refractivity contribution in [2.24, 2.45) is 0 Å². The number of aliphatic carboxylic acids is 2. The standard InChI is InChI=1S/C19H23NO3.C4H4O4/c1-2-21-16-10-6-7-11-17(16)23-19(15-8-4-3-5-9-15)18-14-20-12-13-22-18;5-3(6)1-2-4(7)8/h3-11,18-20H,2,12-14H2,1H3;1-2H,(H,5,6)(H,7,8)/b;2-1+/t18-,19+;/m0./s1. The van der Waals surface area contributed by atoms with Crippen LogP contribution in [0.25, 0.3) is 0 Å². The van der Waals surface area contributed by atoms with Crippen LogP contribution < -0.4 is 14.8 Å². The predicted molar refractivity (Wildman–Crippen MR) is 114 cm³/mol. The Bertz CT molecular complexity index is 832. The molecule has 3 N–H and O–H groups in total. The fourth-order valence-corrected chi connectivity index (χ4v) is 2.88. The van der Waals surface area contributed by atoms with Crippen LogP contribution in [-0.4, -0.2) is 54.6 Å². The molecule has 3 rings (SSSR count). The van der Waals surface area contributed by atoms with E-state index in [1.165, 1.54) is 0 Å². The molecule has 1 fully saturated rings. The number of benzene rings is 2. The maximum atomic E-state index is 9.55. The number of nitrogens with one attached hydrogen (secondary N) is 1. The smallest absolute Gasteiger partial charge is 0.328 e. The molecule has 1 saturated heterocycles. The third kappa shape index (κ3) is 8.49. The van der Waals surface area contributed by atoms with E-state index < -0.39 is 11.9 Å². The molecule has 1 aliphatic heterocycles. The van der Waals surface area contributed by atoms with Crippen LogP contribution in [0.1, 0.15) is 18.6 Å². The summed E-state index contributed by atoms with van der Waals surface area (Å²) < 4.78 is 18.0. The summed E-state index contributed by atoms with van der Waals surface area (Å²) >= 11 is 0. The van der Waals surface area contributed by atoms with Gasteiger partial charge in [0.05, 0.1) is 13.2 Å². The van der Waals surface area contributed by atoms with Crippen LogP contribution in [0.4, 0.5) is 0 Å². The number of rotatable bonds is 8. The molecule has 0 unspecified atom stereocenters.